The van der Waals surface area contributed by atoms with E-state index in [1.54, 1.807) is 24.3 Å². The number of carbonyl (C=O) groups excluding carboxylic acids is 2. The maximum atomic E-state index is 13.7. The van der Waals surface area contributed by atoms with Crippen molar-refractivity contribution in [3.05, 3.63) is 143 Å². The Bertz CT molecular complexity index is 1490. The quantitative estimate of drug-likeness (QED) is 0.150. The lowest BCUT2D eigenvalue weighted by Crippen LogP contribution is -2.49. The van der Waals surface area contributed by atoms with Gasteiger partial charge in [0.05, 0.1) is 11.5 Å². The third-order valence-electron chi connectivity index (χ3n) is 8.45. The Labute approximate surface area is 252 Å². The monoisotopic (exact) mass is 576 g/mol. The molecule has 0 spiro atoms. The Morgan fingerprint density at radius 2 is 1.33 bits per heavy atom. The summed E-state index contributed by atoms with van der Waals surface area (Å²) in [4.78, 5) is 28.7. The Kier molecular flexibility index (Phi) is 9.17. The van der Waals surface area contributed by atoms with Crippen LogP contribution in [0.2, 0.25) is 5.02 Å². The van der Waals surface area contributed by atoms with Gasteiger partial charge in [-0.15, -0.1) is 0 Å². The molecule has 4 aromatic rings. The van der Waals surface area contributed by atoms with Crippen LogP contribution in [0.15, 0.2) is 115 Å². The van der Waals surface area contributed by atoms with Crippen molar-refractivity contribution in [1.29, 1.82) is 5.26 Å². The third kappa shape index (κ3) is 6.16. The van der Waals surface area contributed by atoms with Crippen LogP contribution in [0.5, 0.6) is 0 Å². The fourth-order valence-corrected chi connectivity index (χ4v) is 6.05. The van der Waals surface area contributed by atoms with Crippen LogP contribution >= 0.6 is 11.6 Å². The number of rotatable bonds is 10. The molecule has 1 aliphatic rings. The molecule has 1 fully saturated rings. The average molecular weight is 577 g/mol. The highest BCUT2D eigenvalue weighted by Crippen LogP contribution is 2.39. The SMILES string of the molecule is N#CC(CCN1CCC(C(=O)OCC(=O)c2ccc(Cl)cc2)(c2ccccc2)CC1)(c1ccccc1)c1ccccc1. The molecule has 1 saturated heterocycles. The maximum absolute atomic E-state index is 13.7. The Hall–Kier alpha value is -4.24. The van der Waals surface area contributed by atoms with Crippen LogP contribution in [0.4, 0.5) is 0 Å². The molecule has 4 aromatic carbocycles. The zero-order chi connectivity index (χ0) is 29.4. The summed E-state index contributed by atoms with van der Waals surface area (Å²) in [6.45, 7) is 1.71. The van der Waals surface area contributed by atoms with E-state index in [9.17, 15) is 14.9 Å². The number of esters is 1. The summed E-state index contributed by atoms with van der Waals surface area (Å²) in [7, 11) is 0. The van der Waals surface area contributed by atoms with E-state index >= 15 is 0 Å². The van der Waals surface area contributed by atoms with Crippen molar-refractivity contribution in [3.8, 4) is 6.07 Å². The molecule has 0 N–H and O–H groups in total. The highest BCUT2D eigenvalue weighted by Gasteiger charge is 2.45. The second-order valence-corrected chi connectivity index (χ2v) is 11.2. The van der Waals surface area contributed by atoms with Crippen LogP contribution in [-0.4, -0.2) is 42.9 Å². The maximum Gasteiger partial charge on any atom is 0.317 e. The molecule has 1 aliphatic heterocycles. The standard InChI is InChI=1S/C36H33ClN2O3/c37-32-18-16-28(17-19-32)33(40)26-42-34(41)35(29-10-4-1-5-11-29)20-23-39(24-21-35)25-22-36(27-38,30-12-6-2-7-13-30)31-14-8-3-9-15-31/h1-19H,20-26H2. The van der Waals surface area contributed by atoms with Gasteiger partial charge in [-0.25, -0.2) is 0 Å². The topological polar surface area (TPSA) is 70.4 Å². The molecular weight excluding hydrogens is 544 g/mol. The van der Waals surface area contributed by atoms with Gasteiger partial charge >= 0.3 is 5.97 Å². The second kappa shape index (κ2) is 13.2. The molecule has 0 atom stereocenters. The van der Waals surface area contributed by atoms with E-state index in [0.717, 1.165) is 16.7 Å². The van der Waals surface area contributed by atoms with E-state index in [4.69, 9.17) is 16.3 Å². The number of likely N-dealkylation sites (tertiary alicyclic amines) is 1. The van der Waals surface area contributed by atoms with Crippen molar-refractivity contribution in [2.75, 3.05) is 26.2 Å². The minimum absolute atomic E-state index is 0.268. The molecule has 212 valence electrons. The lowest BCUT2D eigenvalue weighted by Gasteiger charge is -2.41. The van der Waals surface area contributed by atoms with Gasteiger partial charge in [0.1, 0.15) is 5.41 Å². The number of benzene rings is 4. The Morgan fingerprint density at radius 3 is 1.86 bits per heavy atom. The van der Waals surface area contributed by atoms with E-state index in [1.807, 2.05) is 91.0 Å². The van der Waals surface area contributed by atoms with Crippen LogP contribution in [0.25, 0.3) is 0 Å². The summed E-state index contributed by atoms with van der Waals surface area (Å²) in [5, 5.41) is 11.1. The highest BCUT2D eigenvalue weighted by atomic mass is 35.5. The molecule has 1 heterocycles. The molecule has 0 radical (unpaired) electrons. The molecule has 0 bridgehead atoms. The van der Waals surface area contributed by atoms with Crippen molar-refractivity contribution in [3.63, 3.8) is 0 Å². The van der Waals surface area contributed by atoms with E-state index in [1.165, 1.54) is 0 Å². The van der Waals surface area contributed by atoms with Crippen molar-refractivity contribution in [2.45, 2.75) is 30.1 Å². The minimum atomic E-state index is -0.844. The molecule has 0 aromatic heterocycles. The first-order valence-electron chi connectivity index (χ1n) is 14.2. The van der Waals surface area contributed by atoms with Gasteiger partial charge in [-0.2, -0.15) is 5.26 Å². The molecule has 6 heteroatoms. The highest BCUT2D eigenvalue weighted by molar-refractivity contribution is 6.30. The first-order chi connectivity index (χ1) is 20.5. The predicted octanol–water partition coefficient (Wildman–Crippen LogP) is 7.00. The lowest BCUT2D eigenvalue weighted by atomic mass is 9.71. The number of piperidine rings is 1. The lowest BCUT2D eigenvalue weighted by molar-refractivity contribution is -0.151. The van der Waals surface area contributed by atoms with Crippen molar-refractivity contribution in [2.24, 2.45) is 0 Å². The summed E-state index contributed by atoms with van der Waals surface area (Å²) in [5.74, 6) is -0.647. The molecule has 0 saturated carbocycles. The van der Waals surface area contributed by atoms with Crippen LogP contribution in [-0.2, 0) is 20.4 Å². The van der Waals surface area contributed by atoms with E-state index in [2.05, 4.69) is 11.0 Å². The fourth-order valence-electron chi connectivity index (χ4n) is 5.93. The van der Waals surface area contributed by atoms with Gasteiger partial charge in [0.2, 0.25) is 0 Å². The number of hydrogen-bond donors (Lipinski definition) is 0. The van der Waals surface area contributed by atoms with E-state index in [0.29, 0.717) is 49.5 Å². The average Bonchev–Trinajstić information content (AvgIpc) is 3.06. The van der Waals surface area contributed by atoms with Crippen molar-refractivity contribution < 1.29 is 14.3 Å². The van der Waals surface area contributed by atoms with Gasteiger partial charge in [0.15, 0.2) is 12.4 Å². The van der Waals surface area contributed by atoms with Gasteiger partial charge in [0.25, 0.3) is 0 Å². The fraction of sp³-hybridized carbons (Fsp3) is 0.250. The van der Waals surface area contributed by atoms with Gasteiger partial charge in [0, 0.05) is 17.1 Å². The van der Waals surface area contributed by atoms with Gasteiger partial charge in [-0.05, 0) is 73.3 Å². The second-order valence-electron chi connectivity index (χ2n) is 10.8. The Morgan fingerprint density at radius 1 is 0.810 bits per heavy atom. The van der Waals surface area contributed by atoms with Gasteiger partial charge < -0.3 is 9.64 Å². The molecule has 0 aliphatic carbocycles. The first-order valence-corrected chi connectivity index (χ1v) is 14.6. The van der Waals surface area contributed by atoms with Crippen molar-refractivity contribution >= 4 is 23.4 Å². The summed E-state index contributed by atoms with van der Waals surface area (Å²) in [6, 6.07) is 38.8. The number of ketones is 1. The summed E-state index contributed by atoms with van der Waals surface area (Å²) in [6.07, 6.45) is 1.73. The normalized spacial score (nSPS) is 15.0. The van der Waals surface area contributed by atoms with E-state index in [-0.39, 0.29) is 18.4 Å². The molecular formula is C36H33ClN2O3. The number of nitriles is 1. The minimum Gasteiger partial charge on any atom is -0.457 e. The zero-order valence-corrected chi connectivity index (χ0v) is 24.2. The number of carbonyl (C=O) groups is 2. The summed E-state index contributed by atoms with van der Waals surface area (Å²) in [5.41, 5.74) is 1.68. The van der Waals surface area contributed by atoms with E-state index < -0.39 is 10.8 Å². The largest absolute Gasteiger partial charge is 0.457 e. The third-order valence-corrected chi connectivity index (χ3v) is 8.71. The van der Waals surface area contributed by atoms with Crippen molar-refractivity contribution in [1.82, 2.24) is 4.90 Å². The molecule has 0 unspecified atom stereocenters. The molecule has 42 heavy (non-hydrogen) atoms. The number of hydrogen-bond acceptors (Lipinski definition) is 5. The zero-order valence-electron chi connectivity index (χ0n) is 23.4. The first kappa shape index (κ1) is 29.3. The number of Topliss-reactive ketones (excluding diaryl/α,β-unsaturated/α-hetero) is 1. The predicted molar refractivity (Wildman–Crippen MR) is 164 cm³/mol. The molecule has 0 amide bonds. The number of ether oxygens (including phenoxy) is 1. The van der Waals surface area contributed by atoms with Gasteiger partial charge in [-0.1, -0.05) is 103 Å². The van der Waals surface area contributed by atoms with Crippen LogP contribution in [0, 0.1) is 11.3 Å². The number of nitrogens with zero attached hydrogens (tertiary/aromatic N) is 2. The summed E-state index contributed by atoms with van der Waals surface area (Å²) < 4.78 is 5.69. The molecule has 5 nitrogen and oxygen atoms in total. The van der Waals surface area contributed by atoms with Crippen LogP contribution in [0.3, 0.4) is 0 Å². The summed E-state index contributed by atoms with van der Waals surface area (Å²) >= 11 is 5.94. The van der Waals surface area contributed by atoms with Crippen LogP contribution in [0.1, 0.15) is 46.3 Å². The van der Waals surface area contributed by atoms with Gasteiger partial charge in [-0.3, -0.25) is 9.59 Å². The van der Waals surface area contributed by atoms with Crippen LogP contribution < -0.4 is 0 Å². The Balaban J connectivity index is 1.30. The smallest absolute Gasteiger partial charge is 0.317 e. The molecule has 5 rings (SSSR count). The number of halogens is 1.